The van der Waals surface area contributed by atoms with Crippen LogP contribution in [-0.2, 0) is 11.2 Å². The Bertz CT molecular complexity index is 584. The van der Waals surface area contributed by atoms with E-state index >= 15 is 0 Å². The number of nitrogen functional groups attached to an aromatic ring is 1. The Hall–Kier alpha value is -2.36. The summed E-state index contributed by atoms with van der Waals surface area (Å²) in [5, 5.41) is 9.29. The quantitative estimate of drug-likeness (QED) is 0.830. The standard InChI is InChI=1S/C15H14FNO2/c16-13-9-11(6-7-14(13)17)12(15(18)19)8-10-4-2-1-3-5-10/h1-7,9,12H,8,17H2,(H,18,19). The zero-order valence-electron chi connectivity index (χ0n) is 10.2. The minimum Gasteiger partial charge on any atom is -0.481 e. The van der Waals surface area contributed by atoms with E-state index in [1.54, 1.807) is 6.07 Å². The number of anilines is 1. The number of hydrogen-bond acceptors (Lipinski definition) is 2. The lowest BCUT2D eigenvalue weighted by molar-refractivity contribution is -0.138. The molecule has 0 spiro atoms. The average molecular weight is 259 g/mol. The summed E-state index contributed by atoms with van der Waals surface area (Å²) in [6, 6.07) is 13.4. The molecule has 0 aliphatic heterocycles. The molecule has 3 nitrogen and oxygen atoms in total. The molecule has 0 radical (unpaired) electrons. The first-order chi connectivity index (χ1) is 9.08. The van der Waals surface area contributed by atoms with Crippen molar-refractivity contribution < 1.29 is 14.3 Å². The highest BCUT2D eigenvalue weighted by Crippen LogP contribution is 2.24. The van der Waals surface area contributed by atoms with Crippen molar-refractivity contribution >= 4 is 11.7 Å². The third-order valence-corrected chi connectivity index (χ3v) is 3.01. The van der Waals surface area contributed by atoms with Crippen LogP contribution in [0.25, 0.3) is 0 Å². The van der Waals surface area contributed by atoms with Gasteiger partial charge in [0.25, 0.3) is 0 Å². The summed E-state index contributed by atoms with van der Waals surface area (Å²) < 4.78 is 13.4. The molecule has 19 heavy (non-hydrogen) atoms. The van der Waals surface area contributed by atoms with Crippen LogP contribution < -0.4 is 5.73 Å². The van der Waals surface area contributed by atoms with Gasteiger partial charge in [0.05, 0.1) is 11.6 Å². The Balaban J connectivity index is 2.30. The molecule has 0 heterocycles. The molecule has 1 unspecified atom stereocenters. The van der Waals surface area contributed by atoms with Crippen LogP contribution in [0.5, 0.6) is 0 Å². The number of benzene rings is 2. The van der Waals surface area contributed by atoms with Crippen LogP contribution in [0.1, 0.15) is 17.0 Å². The van der Waals surface area contributed by atoms with Crippen LogP contribution in [0.4, 0.5) is 10.1 Å². The maximum absolute atomic E-state index is 13.4. The number of aliphatic carboxylic acids is 1. The predicted molar refractivity (Wildman–Crippen MR) is 71.3 cm³/mol. The van der Waals surface area contributed by atoms with Gasteiger partial charge in [0.2, 0.25) is 0 Å². The van der Waals surface area contributed by atoms with E-state index in [-0.39, 0.29) is 5.69 Å². The van der Waals surface area contributed by atoms with Gasteiger partial charge in [0, 0.05) is 0 Å². The van der Waals surface area contributed by atoms with Crippen molar-refractivity contribution in [2.45, 2.75) is 12.3 Å². The number of rotatable bonds is 4. The van der Waals surface area contributed by atoms with Gasteiger partial charge in [-0.3, -0.25) is 4.79 Å². The Morgan fingerprint density at radius 2 is 1.89 bits per heavy atom. The highest BCUT2D eigenvalue weighted by atomic mass is 19.1. The van der Waals surface area contributed by atoms with Crippen LogP contribution in [0, 0.1) is 5.82 Å². The Morgan fingerprint density at radius 3 is 2.47 bits per heavy atom. The Kier molecular flexibility index (Phi) is 3.80. The number of halogens is 1. The van der Waals surface area contributed by atoms with Crippen molar-refractivity contribution in [3.63, 3.8) is 0 Å². The number of hydrogen-bond donors (Lipinski definition) is 2. The van der Waals surface area contributed by atoms with Crippen molar-refractivity contribution in [2.24, 2.45) is 0 Å². The summed E-state index contributed by atoms with van der Waals surface area (Å²) in [4.78, 5) is 11.3. The fourth-order valence-corrected chi connectivity index (χ4v) is 1.96. The Morgan fingerprint density at radius 1 is 1.21 bits per heavy atom. The molecule has 0 amide bonds. The molecule has 0 bridgehead atoms. The topological polar surface area (TPSA) is 63.3 Å². The van der Waals surface area contributed by atoms with Gasteiger partial charge in [0.15, 0.2) is 0 Å². The fourth-order valence-electron chi connectivity index (χ4n) is 1.96. The van der Waals surface area contributed by atoms with Gasteiger partial charge in [-0.25, -0.2) is 4.39 Å². The second-order valence-electron chi connectivity index (χ2n) is 4.36. The van der Waals surface area contributed by atoms with Gasteiger partial charge in [0.1, 0.15) is 5.82 Å². The van der Waals surface area contributed by atoms with Crippen LogP contribution in [-0.4, -0.2) is 11.1 Å². The molecule has 1 atom stereocenters. The Labute approximate surface area is 110 Å². The van der Waals surface area contributed by atoms with Gasteiger partial charge >= 0.3 is 5.97 Å². The van der Waals surface area contributed by atoms with E-state index in [1.807, 2.05) is 30.3 Å². The maximum Gasteiger partial charge on any atom is 0.311 e. The highest BCUT2D eigenvalue weighted by molar-refractivity contribution is 5.76. The van der Waals surface area contributed by atoms with Gasteiger partial charge in [-0.2, -0.15) is 0 Å². The lowest BCUT2D eigenvalue weighted by Gasteiger charge is -2.13. The molecule has 2 aromatic rings. The van der Waals surface area contributed by atoms with Crippen LogP contribution in [0.15, 0.2) is 48.5 Å². The zero-order chi connectivity index (χ0) is 13.8. The van der Waals surface area contributed by atoms with Gasteiger partial charge in [-0.15, -0.1) is 0 Å². The largest absolute Gasteiger partial charge is 0.481 e. The molecule has 3 N–H and O–H groups in total. The van der Waals surface area contributed by atoms with Crippen LogP contribution >= 0.6 is 0 Å². The van der Waals surface area contributed by atoms with E-state index in [4.69, 9.17) is 5.73 Å². The predicted octanol–water partition coefficient (Wildman–Crippen LogP) is 2.82. The molecule has 0 saturated carbocycles. The number of nitrogens with two attached hydrogens (primary N) is 1. The van der Waals surface area contributed by atoms with Crippen LogP contribution in [0.3, 0.4) is 0 Å². The van der Waals surface area contributed by atoms with Crippen molar-refractivity contribution in [3.8, 4) is 0 Å². The first-order valence-corrected chi connectivity index (χ1v) is 5.89. The number of carbonyl (C=O) groups is 1. The van der Waals surface area contributed by atoms with E-state index in [0.29, 0.717) is 12.0 Å². The van der Waals surface area contributed by atoms with Gasteiger partial charge in [-0.05, 0) is 29.7 Å². The molecule has 0 fully saturated rings. The molecule has 4 heteroatoms. The molecule has 2 rings (SSSR count). The summed E-state index contributed by atoms with van der Waals surface area (Å²) in [6.45, 7) is 0. The minimum atomic E-state index is -0.979. The second-order valence-corrected chi connectivity index (χ2v) is 4.36. The van der Waals surface area contributed by atoms with Crippen molar-refractivity contribution in [3.05, 3.63) is 65.5 Å². The molecule has 0 saturated heterocycles. The van der Waals surface area contributed by atoms with Crippen molar-refractivity contribution in [2.75, 3.05) is 5.73 Å². The summed E-state index contributed by atoms with van der Waals surface area (Å²) in [6.07, 6.45) is 0.319. The molecule has 0 aliphatic rings. The fraction of sp³-hybridized carbons (Fsp3) is 0.133. The summed E-state index contributed by atoms with van der Waals surface area (Å²) in [5.41, 5.74) is 6.73. The maximum atomic E-state index is 13.4. The zero-order valence-corrected chi connectivity index (χ0v) is 10.2. The normalized spacial score (nSPS) is 12.1. The van der Waals surface area contributed by atoms with Crippen molar-refractivity contribution in [1.82, 2.24) is 0 Å². The number of carboxylic acids is 1. The monoisotopic (exact) mass is 259 g/mol. The molecule has 0 aliphatic carbocycles. The van der Waals surface area contributed by atoms with E-state index in [2.05, 4.69) is 0 Å². The first kappa shape index (κ1) is 13.1. The van der Waals surface area contributed by atoms with E-state index < -0.39 is 17.7 Å². The molecular formula is C15H14FNO2. The molecular weight excluding hydrogens is 245 g/mol. The van der Waals surface area contributed by atoms with E-state index in [9.17, 15) is 14.3 Å². The third kappa shape index (κ3) is 3.10. The number of carboxylic acid groups (broad SMARTS) is 1. The van der Waals surface area contributed by atoms with Crippen molar-refractivity contribution in [1.29, 1.82) is 0 Å². The third-order valence-electron chi connectivity index (χ3n) is 3.01. The molecule has 2 aromatic carbocycles. The van der Waals surface area contributed by atoms with Gasteiger partial charge in [-0.1, -0.05) is 36.4 Å². The lowest BCUT2D eigenvalue weighted by atomic mass is 9.92. The SMILES string of the molecule is Nc1ccc(C(Cc2ccccc2)C(=O)O)cc1F. The summed E-state index contributed by atoms with van der Waals surface area (Å²) >= 11 is 0. The van der Waals surface area contributed by atoms with E-state index in [1.165, 1.54) is 12.1 Å². The first-order valence-electron chi connectivity index (χ1n) is 5.89. The minimum absolute atomic E-state index is 0.0209. The lowest BCUT2D eigenvalue weighted by Crippen LogP contribution is -2.15. The van der Waals surface area contributed by atoms with E-state index in [0.717, 1.165) is 5.56 Å². The summed E-state index contributed by atoms with van der Waals surface area (Å²) in [7, 11) is 0. The smallest absolute Gasteiger partial charge is 0.311 e. The highest BCUT2D eigenvalue weighted by Gasteiger charge is 2.21. The van der Waals surface area contributed by atoms with Gasteiger partial charge < -0.3 is 10.8 Å². The average Bonchev–Trinajstić information content (AvgIpc) is 2.40. The molecule has 98 valence electrons. The van der Waals surface area contributed by atoms with Crippen LogP contribution in [0.2, 0.25) is 0 Å². The summed E-state index contributed by atoms with van der Waals surface area (Å²) in [5.74, 6) is -2.35. The molecule has 0 aromatic heterocycles. The second kappa shape index (κ2) is 5.52.